The van der Waals surface area contributed by atoms with Crippen LogP contribution in [0, 0.1) is 6.92 Å². The van der Waals surface area contributed by atoms with E-state index in [4.69, 9.17) is 9.47 Å². The maximum absolute atomic E-state index is 12.1. The van der Waals surface area contributed by atoms with Crippen LogP contribution < -0.4 is 30.7 Å². The van der Waals surface area contributed by atoms with E-state index < -0.39 is 0 Å². The molecule has 162 valence electrons. The van der Waals surface area contributed by atoms with Crippen molar-refractivity contribution >= 4 is 29.2 Å². The maximum atomic E-state index is 12.1. The number of hydrogen-bond acceptors (Lipinski definition) is 7. The number of anilines is 4. The molecule has 3 aromatic rings. The molecular formula is C22H26N6O3. The van der Waals surface area contributed by atoms with Crippen molar-refractivity contribution in [3.63, 3.8) is 0 Å². The molecule has 2 aromatic carbocycles. The highest BCUT2D eigenvalue weighted by Gasteiger charge is 2.07. The second-order valence-electron chi connectivity index (χ2n) is 6.58. The highest BCUT2D eigenvalue weighted by atomic mass is 16.5. The van der Waals surface area contributed by atoms with E-state index in [9.17, 15) is 4.79 Å². The molecule has 0 radical (unpaired) electrons. The van der Waals surface area contributed by atoms with Gasteiger partial charge in [0.2, 0.25) is 5.95 Å². The number of aromatic nitrogens is 2. The van der Waals surface area contributed by atoms with Crippen molar-refractivity contribution in [2.75, 3.05) is 43.3 Å². The fraction of sp³-hybridized carbons (Fsp3) is 0.227. The number of nitrogens with one attached hydrogen (secondary N) is 4. The number of carbonyl (C=O) groups excluding carboxylic acids is 1. The Morgan fingerprint density at radius 3 is 2.48 bits per heavy atom. The van der Waals surface area contributed by atoms with E-state index in [2.05, 4.69) is 31.2 Å². The first-order chi connectivity index (χ1) is 15.1. The number of aryl methyl sites for hydroxylation is 1. The molecule has 4 N–H and O–H groups in total. The van der Waals surface area contributed by atoms with Gasteiger partial charge in [0.05, 0.1) is 19.9 Å². The molecule has 31 heavy (non-hydrogen) atoms. The largest absolute Gasteiger partial charge is 0.497 e. The minimum atomic E-state index is -0.321. The average Bonchev–Trinajstić information content (AvgIpc) is 2.77. The number of amides is 2. The Kier molecular flexibility index (Phi) is 7.47. The lowest BCUT2D eigenvalue weighted by molar-refractivity contribution is 0.252. The predicted molar refractivity (Wildman–Crippen MR) is 122 cm³/mol. The van der Waals surface area contributed by atoms with Gasteiger partial charge in [-0.05, 0) is 43.3 Å². The van der Waals surface area contributed by atoms with E-state index in [1.807, 2.05) is 49.4 Å². The van der Waals surface area contributed by atoms with Crippen LogP contribution in [-0.4, -0.2) is 43.3 Å². The third kappa shape index (κ3) is 6.49. The van der Waals surface area contributed by atoms with Crippen LogP contribution in [-0.2, 0) is 0 Å². The zero-order valence-corrected chi connectivity index (χ0v) is 17.7. The first kappa shape index (κ1) is 21.7. The first-order valence-electron chi connectivity index (χ1n) is 9.76. The average molecular weight is 422 g/mol. The van der Waals surface area contributed by atoms with Gasteiger partial charge >= 0.3 is 6.03 Å². The van der Waals surface area contributed by atoms with E-state index in [-0.39, 0.29) is 6.03 Å². The van der Waals surface area contributed by atoms with Gasteiger partial charge in [0.15, 0.2) is 0 Å². The number of ether oxygens (including phenoxy) is 2. The number of carbonyl (C=O) groups is 1. The Balaban J connectivity index is 1.49. The molecule has 0 atom stereocenters. The Bertz CT molecular complexity index is 1010. The number of para-hydroxylation sites is 2. The Labute approximate surface area is 181 Å². The second-order valence-corrected chi connectivity index (χ2v) is 6.58. The van der Waals surface area contributed by atoms with Gasteiger partial charge in [-0.2, -0.15) is 4.98 Å². The van der Waals surface area contributed by atoms with Gasteiger partial charge in [-0.15, -0.1) is 0 Å². The van der Waals surface area contributed by atoms with E-state index >= 15 is 0 Å². The number of benzene rings is 2. The van der Waals surface area contributed by atoms with Crippen LogP contribution in [0.2, 0.25) is 0 Å². The van der Waals surface area contributed by atoms with Crippen molar-refractivity contribution in [1.29, 1.82) is 0 Å². The Morgan fingerprint density at radius 1 is 0.968 bits per heavy atom. The molecule has 0 aliphatic heterocycles. The second kappa shape index (κ2) is 10.7. The highest BCUT2D eigenvalue weighted by Crippen LogP contribution is 2.22. The molecule has 9 nitrogen and oxygen atoms in total. The van der Waals surface area contributed by atoms with Crippen LogP contribution in [0.3, 0.4) is 0 Å². The van der Waals surface area contributed by atoms with Gasteiger partial charge in [-0.3, -0.25) is 0 Å². The van der Waals surface area contributed by atoms with Crippen molar-refractivity contribution < 1.29 is 14.3 Å². The van der Waals surface area contributed by atoms with Gasteiger partial charge in [-0.1, -0.05) is 12.1 Å². The van der Waals surface area contributed by atoms with Gasteiger partial charge in [0, 0.05) is 30.5 Å². The monoisotopic (exact) mass is 422 g/mol. The molecule has 0 spiro atoms. The summed E-state index contributed by atoms with van der Waals surface area (Å²) in [6.07, 6.45) is 0. The molecule has 0 unspecified atom stereocenters. The maximum Gasteiger partial charge on any atom is 0.319 e. The lowest BCUT2D eigenvalue weighted by Crippen LogP contribution is -2.33. The summed E-state index contributed by atoms with van der Waals surface area (Å²) in [5.41, 5.74) is 2.31. The molecule has 0 aliphatic carbocycles. The number of urea groups is 1. The zero-order valence-electron chi connectivity index (χ0n) is 17.7. The number of rotatable bonds is 9. The molecule has 3 rings (SSSR count). The lowest BCUT2D eigenvalue weighted by atomic mass is 10.3. The van der Waals surface area contributed by atoms with E-state index in [0.717, 1.165) is 17.1 Å². The molecule has 2 amide bonds. The topological polar surface area (TPSA) is 109 Å². The summed E-state index contributed by atoms with van der Waals surface area (Å²) < 4.78 is 10.4. The van der Waals surface area contributed by atoms with Gasteiger partial charge in [0.1, 0.15) is 17.3 Å². The van der Waals surface area contributed by atoms with Gasteiger partial charge in [0.25, 0.3) is 0 Å². The van der Waals surface area contributed by atoms with Crippen molar-refractivity contribution in [3.8, 4) is 11.5 Å². The summed E-state index contributed by atoms with van der Waals surface area (Å²) in [6.45, 7) is 2.75. The third-order valence-corrected chi connectivity index (χ3v) is 4.27. The Hall–Kier alpha value is -4.01. The number of nitrogens with zero attached hydrogens (tertiary/aromatic N) is 2. The van der Waals surface area contributed by atoms with Crippen LogP contribution in [0.15, 0.2) is 54.6 Å². The number of hydrogen-bond donors (Lipinski definition) is 4. The third-order valence-electron chi connectivity index (χ3n) is 4.27. The summed E-state index contributed by atoms with van der Waals surface area (Å²) in [5, 5.41) is 11.9. The van der Waals surface area contributed by atoms with E-state index in [1.165, 1.54) is 0 Å². The molecule has 9 heteroatoms. The summed E-state index contributed by atoms with van der Waals surface area (Å²) in [6, 6.07) is 16.3. The lowest BCUT2D eigenvalue weighted by Gasteiger charge is -2.12. The highest BCUT2D eigenvalue weighted by molar-refractivity contribution is 5.90. The van der Waals surface area contributed by atoms with Crippen LogP contribution in [0.5, 0.6) is 11.5 Å². The fourth-order valence-corrected chi connectivity index (χ4v) is 2.80. The SMILES string of the molecule is COc1ccc(Nc2cc(C)nc(NCCNC(=O)Nc3ccccc3OC)n2)cc1. The van der Waals surface area contributed by atoms with Crippen LogP contribution in [0.1, 0.15) is 5.69 Å². The Morgan fingerprint density at radius 2 is 1.74 bits per heavy atom. The summed E-state index contributed by atoms with van der Waals surface area (Å²) in [7, 11) is 3.19. The molecule has 0 bridgehead atoms. The zero-order chi connectivity index (χ0) is 22.1. The molecule has 1 aromatic heterocycles. The summed E-state index contributed by atoms with van der Waals surface area (Å²) >= 11 is 0. The van der Waals surface area contributed by atoms with Crippen molar-refractivity contribution in [1.82, 2.24) is 15.3 Å². The minimum absolute atomic E-state index is 0.321. The minimum Gasteiger partial charge on any atom is -0.497 e. The van der Waals surface area contributed by atoms with Crippen LogP contribution in [0.25, 0.3) is 0 Å². The molecule has 0 fully saturated rings. The predicted octanol–water partition coefficient (Wildman–Crippen LogP) is 3.78. The summed E-state index contributed by atoms with van der Waals surface area (Å²) in [5.74, 6) is 2.53. The van der Waals surface area contributed by atoms with Crippen LogP contribution >= 0.6 is 0 Å². The molecule has 0 saturated heterocycles. The normalized spacial score (nSPS) is 10.2. The van der Waals surface area contributed by atoms with Crippen molar-refractivity contribution in [2.24, 2.45) is 0 Å². The van der Waals surface area contributed by atoms with Crippen LogP contribution in [0.4, 0.5) is 27.9 Å². The molecule has 1 heterocycles. The smallest absolute Gasteiger partial charge is 0.319 e. The van der Waals surface area contributed by atoms with Gasteiger partial charge in [-0.25, -0.2) is 9.78 Å². The van der Waals surface area contributed by atoms with Crippen molar-refractivity contribution in [2.45, 2.75) is 6.92 Å². The van der Waals surface area contributed by atoms with Crippen molar-refractivity contribution in [3.05, 3.63) is 60.3 Å². The molecule has 0 saturated carbocycles. The van der Waals surface area contributed by atoms with E-state index in [0.29, 0.717) is 36.3 Å². The van der Waals surface area contributed by atoms with Gasteiger partial charge < -0.3 is 30.7 Å². The fourth-order valence-electron chi connectivity index (χ4n) is 2.80. The molecule has 0 aliphatic rings. The van der Waals surface area contributed by atoms with E-state index in [1.54, 1.807) is 26.4 Å². The number of methoxy groups -OCH3 is 2. The summed E-state index contributed by atoms with van der Waals surface area (Å²) in [4.78, 5) is 20.9. The quantitative estimate of drug-likeness (QED) is 0.389. The standard InChI is InChI=1S/C22H26N6O3/c1-15-14-20(26-16-8-10-17(30-2)11-9-16)28-21(25-15)23-12-13-24-22(29)27-18-6-4-5-7-19(18)31-3/h4-11,14H,12-13H2,1-3H3,(H2,24,27,29)(H2,23,25,26,28). The molecular weight excluding hydrogens is 396 g/mol. The first-order valence-corrected chi connectivity index (χ1v) is 9.76.